The van der Waals surface area contributed by atoms with Gasteiger partial charge in [-0.2, -0.15) is 4.98 Å². The predicted molar refractivity (Wildman–Crippen MR) is 97.7 cm³/mol. The molecular formula is C19H32N4O3. The molecule has 0 aromatic carbocycles. The van der Waals surface area contributed by atoms with Crippen molar-refractivity contribution in [1.29, 1.82) is 0 Å². The Morgan fingerprint density at radius 1 is 1.23 bits per heavy atom. The Kier molecular flexibility index (Phi) is 6.64. The van der Waals surface area contributed by atoms with Gasteiger partial charge in [0, 0.05) is 13.5 Å². The van der Waals surface area contributed by atoms with Gasteiger partial charge in [-0.1, -0.05) is 30.8 Å². The van der Waals surface area contributed by atoms with Crippen LogP contribution < -0.4 is 5.32 Å². The number of likely N-dealkylation sites (tertiary alicyclic amines) is 1. The first-order chi connectivity index (χ1) is 12.7. The van der Waals surface area contributed by atoms with E-state index in [-0.39, 0.29) is 17.5 Å². The first kappa shape index (κ1) is 19.3. The monoisotopic (exact) mass is 364 g/mol. The number of carbonyl (C=O) groups excluding carboxylic acids is 1. The summed E-state index contributed by atoms with van der Waals surface area (Å²) >= 11 is 0. The highest BCUT2D eigenvalue weighted by Crippen LogP contribution is 2.36. The van der Waals surface area contributed by atoms with E-state index in [4.69, 9.17) is 9.26 Å². The number of methoxy groups -OCH3 is 1. The van der Waals surface area contributed by atoms with Gasteiger partial charge < -0.3 is 14.6 Å². The number of hydrogen-bond donors (Lipinski definition) is 1. The van der Waals surface area contributed by atoms with Crippen molar-refractivity contribution in [3.8, 4) is 0 Å². The standard InChI is InChI=1S/C19H32N4O3/c1-15(17-21-16(22-26-17)9-14-25-2)20-18(24)19(10-5-3-6-11-19)23-12-7-4-8-13-23/h15H,3-14H2,1-2H3,(H,20,24)/t15-/m1/s1. The zero-order chi connectivity index (χ0) is 18.4. The van der Waals surface area contributed by atoms with Crippen molar-refractivity contribution in [3.63, 3.8) is 0 Å². The van der Waals surface area contributed by atoms with E-state index in [0.29, 0.717) is 24.7 Å². The van der Waals surface area contributed by atoms with Crippen LogP contribution in [0.15, 0.2) is 4.52 Å². The Hall–Kier alpha value is -1.47. The van der Waals surface area contributed by atoms with Gasteiger partial charge in [0.1, 0.15) is 11.6 Å². The topological polar surface area (TPSA) is 80.5 Å². The molecule has 1 N–H and O–H groups in total. The summed E-state index contributed by atoms with van der Waals surface area (Å²) in [6.45, 7) is 4.53. The molecule has 1 aromatic rings. The van der Waals surface area contributed by atoms with Crippen molar-refractivity contribution < 1.29 is 14.1 Å². The fourth-order valence-corrected chi connectivity index (χ4v) is 4.28. The van der Waals surface area contributed by atoms with Crippen LogP contribution in [0, 0.1) is 0 Å². The van der Waals surface area contributed by atoms with E-state index in [2.05, 4.69) is 20.4 Å². The molecule has 1 aliphatic carbocycles. The Morgan fingerprint density at radius 3 is 2.62 bits per heavy atom. The molecule has 0 radical (unpaired) electrons. The highest BCUT2D eigenvalue weighted by atomic mass is 16.5. The maximum Gasteiger partial charge on any atom is 0.248 e. The highest BCUT2D eigenvalue weighted by Gasteiger charge is 2.45. The maximum atomic E-state index is 13.3. The van der Waals surface area contributed by atoms with E-state index in [1.165, 1.54) is 25.7 Å². The SMILES string of the molecule is COCCc1noc([C@@H](C)NC(=O)C2(N3CCCCC3)CCCCC2)n1. The van der Waals surface area contributed by atoms with Crippen LogP contribution in [-0.2, 0) is 16.0 Å². The zero-order valence-electron chi connectivity index (χ0n) is 16.1. The fraction of sp³-hybridized carbons (Fsp3) is 0.842. The lowest BCUT2D eigenvalue weighted by Crippen LogP contribution is -2.61. The number of rotatable bonds is 7. The average molecular weight is 364 g/mol. The molecule has 1 aromatic heterocycles. The summed E-state index contributed by atoms with van der Waals surface area (Å²) in [6, 6.07) is -0.283. The molecule has 146 valence electrons. The van der Waals surface area contributed by atoms with E-state index >= 15 is 0 Å². The normalized spacial score (nSPS) is 22.1. The molecule has 2 aliphatic rings. The second kappa shape index (κ2) is 8.95. The average Bonchev–Trinajstić information content (AvgIpc) is 3.16. The summed E-state index contributed by atoms with van der Waals surface area (Å²) in [5.74, 6) is 1.21. The number of piperidine rings is 1. The van der Waals surface area contributed by atoms with E-state index in [0.717, 1.165) is 38.8 Å². The summed E-state index contributed by atoms with van der Waals surface area (Å²) in [5.41, 5.74) is -0.355. The van der Waals surface area contributed by atoms with Crippen LogP contribution in [0.2, 0.25) is 0 Å². The summed E-state index contributed by atoms with van der Waals surface area (Å²) < 4.78 is 10.4. The van der Waals surface area contributed by atoms with Crippen molar-refractivity contribution in [2.75, 3.05) is 26.8 Å². The largest absolute Gasteiger partial charge is 0.384 e. The number of hydrogen-bond acceptors (Lipinski definition) is 6. The lowest BCUT2D eigenvalue weighted by atomic mass is 9.78. The van der Waals surface area contributed by atoms with Gasteiger partial charge in [-0.3, -0.25) is 9.69 Å². The highest BCUT2D eigenvalue weighted by molar-refractivity contribution is 5.86. The minimum atomic E-state index is -0.355. The van der Waals surface area contributed by atoms with Crippen LogP contribution in [0.5, 0.6) is 0 Å². The van der Waals surface area contributed by atoms with Gasteiger partial charge in [-0.05, 0) is 45.7 Å². The third-order valence-electron chi connectivity index (χ3n) is 5.80. The van der Waals surface area contributed by atoms with E-state index in [1.54, 1.807) is 7.11 Å². The summed E-state index contributed by atoms with van der Waals surface area (Å²) in [7, 11) is 1.65. The Morgan fingerprint density at radius 2 is 1.92 bits per heavy atom. The predicted octanol–water partition coefficient (Wildman–Crippen LogP) is 2.62. The van der Waals surface area contributed by atoms with Crippen molar-refractivity contribution in [3.05, 3.63) is 11.7 Å². The van der Waals surface area contributed by atoms with Crippen molar-refractivity contribution in [2.45, 2.75) is 76.3 Å². The number of nitrogens with zero attached hydrogens (tertiary/aromatic N) is 3. The molecule has 0 spiro atoms. The van der Waals surface area contributed by atoms with Gasteiger partial charge in [-0.25, -0.2) is 0 Å². The number of aromatic nitrogens is 2. The quantitative estimate of drug-likeness (QED) is 0.801. The van der Waals surface area contributed by atoms with Gasteiger partial charge in [0.15, 0.2) is 5.82 Å². The molecule has 1 amide bonds. The zero-order valence-corrected chi connectivity index (χ0v) is 16.1. The van der Waals surface area contributed by atoms with Crippen molar-refractivity contribution in [2.24, 2.45) is 0 Å². The van der Waals surface area contributed by atoms with Crippen molar-refractivity contribution >= 4 is 5.91 Å². The van der Waals surface area contributed by atoms with E-state index < -0.39 is 0 Å². The molecule has 1 atom stereocenters. The Labute approximate surface area is 155 Å². The van der Waals surface area contributed by atoms with Gasteiger partial charge >= 0.3 is 0 Å². The van der Waals surface area contributed by atoms with Crippen LogP contribution in [0.3, 0.4) is 0 Å². The van der Waals surface area contributed by atoms with Gasteiger partial charge in [0.2, 0.25) is 11.8 Å². The van der Waals surface area contributed by atoms with Gasteiger partial charge in [0.25, 0.3) is 0 Å². The molecule has 7 nitrogen and oxygen atoms in total. The molecule has 3 rings (SSSR count). The number of nitrogens with one attached hydrogen (secondary N) is 1. The number of amides is 1. The molecule has 1 saturated carbocycles. The maximum absolute atomic E-state index is 13.3. The second-order valence-corrected chi connectivity index (χ2v) is 7.63. The molecule has 26 heavy (non-hydrogen) atoms. The Balaban J connectivity index is 1.67. The number of carbonyl (C=O) groups is 1. The molecule has 0 unspecified atom stereocenters. The third-order valence-corrected chi connectivity index (χ3v) is 5.80. The van der Waals surface area contributed by atoms with E-state index in [9.17, 15) is 4.79 Å². The lowest BCUT2D eigenvalue weighted by molar-refractivity contribution is -0.138. The minimum Gasteiger partial charge on any atom is -0.384 e. The molecule has 1 saturated heterocycles. The minimum absolute atomic E-state index is 0.128. The molecular weight excluding hydrogens is 332 g/mol. The summed E-state index contributed by atoms with van der Waals surface area (Å²) in [5, 5.41) is 7.14. The van der Waals surface area contributed by atoms with E-state index in [1.807, 2.05) is 6.92 Å². The van der Waals surface area contributed by atoms with Crippen LogP contribution in [-0.4, -0.2) is 53.3 Å². The van der Waals surface area contributed by atoms with Crippen molar-refractivity contribution in [1.82, 2.24) is 20.4 Å². The first-order valence-corrected chi connectivity index (χ1v) is 10.0. The molecule has 2 heterocycles. The van der Waals surface area contributed by atoms with Gasteiger partial charge in [0.05, 0.1) is 6.61 Å². The van der Waals surface area contributed by atoms with Gasteiger partial charge in [-0.15, -0.1) is 0 Å². The van der Waals surface area contributed by atoms with Crippen LogP contribution in [0.1, 0.15) is 76.0 Å². The summed E-state index contributed by atoms with van der Waals surface area (Å²) in [6.07, 6.45) is 9.65. The smallest absolute Gasteiger partial charge is 0.248 e. The Bertz CT molecular complexity index is 577. The van der Waals surface area contributed by atoms with Crippen LogP contribution in [0.4, 0.5) is 0 Å². The molecule has 1 aliphatic heterocycles. The van der Waals surface area contributed by atoms with Crippen LogP contribution in [0.25, 0.3) is 0 Å². The molecule has 0 bridgehead atoms. The third kappa shape index (κ3) is 4.26. The summed E-state index contributed by atoms with van der Waals surface area (Å²) in [4.78, 5) is 20.2. The molecule has 7 heteroatoms. The number of ether oxygens (including phenoxy) is 1. The first-order valence-electron chi connectivity index (χ1n) is 10.0. The molecule has 2 fully saturated rings. The van der Waals surface area contributed by atoms with Crippen LogP contribution >= 0.6 is 0 Å². The second-order valence-electron chi connectivity index (χ2n) is 7.63. The lowest BCUT2D eigenvalue weighted by Gasteiger charge is -2.47. The fourth-order valence-electron chi connectivity index (χ4n) is 4.28.